The molecule has 2 saturated heterocycles. The summed E-state index contributed by atoms with van der Waals surface area (Å²) in [6.45, 7) is 10.5. The monoisotopic (exact) mass is 1270 g/mol. The third kappa shape index (κ3) is 15.3. The lowest BCUT2D eigenvalue weighted by Crippen LogP contribution is -2.54. The molecule has 5 aliphatic rings. The number of primary amides is 1. The molecule has 0 saturated carbocycles. The highest BCUT2D eigenvalue weighted by Gasteiger charge is 2.37. The minimum atomic E-state index is -1.16. The highest BCUT2D eigenvalue weighted by Crippen LogP contribution is 2.38. The van der Waals surface area contributed by atoms with Crippen LogP contribution in [0.3, 0.4) is 0 Å². The second-order valence-corrected chi connectivity index (χ2v) is 24.4. The van der Waals surface area contributed by atoms with Crippen LogP contribution in [0.5, 0.6) is 0 Å². The Morgan fingerprint density at radius 1 is 0.570 bits per heavy atom. The molecule has 5 aliphatic heterocycles. The summed E-state index contributed by atoms with van der Waals surface area (Å²) < 4.78 is 5.88. The van der Waals surface area contributed by atoms with Gasteiger partial charge in [0.25, 0.3) is 35.4 Å². The van der Waals surface area contributed by atoms with E-state index < -0.39 is 71.5 Å². The first kappa shape index (κ1) is 66.1. The summed E-state index contributed by atoms with van der Waals surface area (Å²) in [5, 5.41) is 16.9. The molecule has 7 N–H and O–H groups in total. The number of benzene rings is 5. The first-order valence-corrected chi connectivity index (χ1v) is 31.7. The number of piperazine rings is 2. The maximum Gasteiger partial charge on any atom is 0.410 e. The van der Waals surface area contributed by atoms with E-state index in [9.17, 15) is 52.7 Å². The van der Waals surface area contributed by atoms with E-state index in [4.69, 9.17) is 10.5 Å². The Morgan fingerprint density at radius 3 is 1.65 bits per heavy atom. The maximum atomic E-state index is 14.4. The van der Waals surface area contributed by atoms with Crippen molar-refractivity contribution in [3.05, 3.63) is 125 Å². The third-order valence-corrected chi connectivity index (χ3v) is 17.7. The van der Waals surface area contributed by atoms with E-state index >= 15 is 0 Å². The van der Waals surface area contributed by atoms with Crippen molar-refractivity contribution in [2.24, 2.45) is 11.7 Å². The van der Waals surface area contributed by atoms with Crippen LogP contribution in [0.4, 0.5) is 26.7 Å². The number of carbonyl (C=O) groups is 11. The fourth-order valence-electron chi connectivity index (χ4n) is 12.4. The molecule has 12 amide bonds. The summed E-state index contributed by atoms with van der Waals surface area (Å²) in [4.78, 5) is 161. The second kappa shape index (κ2) is 29.7. The Labute approximate surface area is 538 Å². The van der Waals surface area contributed by atoms with Gasteiger partial charge >= 0.3 is 12.1 Å². The summed E-state index contributed by atoms with van der Waals surface area (Å²) in [7, 11) is 4.17. The van der Waals surface area contributed by atoms with E-state index in [1.807, 2.05) is 42.5 Å². The predicted molar refractivity (Wildman–Crippen MR) is 348 cm³/mol. The largest absolute Gasteiger partial charge is 0.445 e. The smallest absolute Gasteiger partial charge is 0.410 e. The summed E-state index contributed by atoms with van der Waals surface area (Å²) >= 11 is 0. The number of likely N-dealkylation sites (N-methyl/N-ethyl adjacent to an activating group) is 2. The highest BCUT2D eigenvalue weighted by atomic mass is 16.6. The molecule has 93 heavy (non-hydrogen) atoms. The standard InChI is InChI=1S/C67H80N14O12/c1-42(2)59(73-54(82)24-29-79-55(83)22-23-56(79)84)61(86)72-51(13-7-26-70-66(68)91)60(85)71-44-16-14-43(15-17-44)41-93-67(92)78(39-40-81-63(88)48-12-6-10-46-53(77-37-33-75(4)34-38-77)21-19-50(58(46)48)65(81)90)28-8-25-69-27-30-80-62(87)47-11-5-9-45-52(76-35-31-74(3)32-36-76)20-18-49(57(45)47)64(80)89/h5-6,9-12,14-23,42,51,59,69H,7-8,13,24-41H2,1-4H3,(H,71,85)(H,72,86)(H,73,82)(H3,68,70,91)/t51-,59-/m0/s1. The van der Waals surface area contributed by atoms with Crippen LogP contribution < -0.4 is 42.1 Å². The molecule has 5 heterocycles. The number of hydrogen-bond donors (Lipinski definition) is 6. The van der Waals surface area contributed by atoms with Gasteiger partial charge in [0, 0.05) is 178 Å². The number of amides is 12. The van der Waals surface area contributed by atoms with E-state index in [0.29, 0.717) is 57.2 Å². The molecule has 2 atom stereocenters. The zero-order valence-electron chi connectivity index (χ0n) is 52.9. The van der Waals surface area contributed by atoms with Crippen molar-refractivity contribution in [2.45, 2.75) is 58.2 Å². The average molecular weight is 1270 g/mol. The van der Waals surface area contributed by atoms with E-state index in [1.165, 1.54) is 9.80 Å². The van der Waals surface area contributed by atoms with Gasteiger partial charge in [0.15, 0.2) is 0 Å². The van der Waals surface area contributed by atoms with Crippen LogP contribution in [0.15, 0.2) is 97.1 Å². The zero-order chi connectivity index (χ0) is 66.0. The SMILES string of the molecule is CC(C)[C@H](NC(=O)CCN1C(=O)C=CC1=O)C(=O)N[C@@H](CCCNC(N)=O)C(=O)Nc1ccc(COC(=O)N(CCCNCCN2C(=O)c3cccc4c(N5CCN(C)CC5)ccc(c34)C2=O)CCN2C(=O)c3cccc4c(N5CCN(C)CC5)ccc(c34)C2=O)cc1. The Hall–Kier alpha value is -9.79. The fourth-order valence-corrected chi connectivity index (χ4v) is 12.4. The van der Waals surface area contributed by atoms with E-state index in [2.05, 4.69) is 60.3 Å². The molecule has 0 aliphatic carbocycles. The van der Waals surface area contributed by atoms with Crippen molar-refractivity contribution >= 4 is 104 Å². The molecule has 0 spiro atoms. The highest BCUT2D eigenvalue weighted by molar-refractivity contribution is 6.28. The van der Waals surface area contributed by atoms with Gasteiger partial charge in [-0.2, -0.15) is 0 Å². The van der Waals surface area contributed by atoms with Gasteiger partial charge in [-0.05, 0) is 99.9 Å². The molecular formula is C67H80N14O12. The lowest BCUT2D eigenvalue weighted by molar-refractivity contribution is -0.137. The van der Waals surface area contributed by atoms with Crippen LogP contribution in [-0.2, 0) is 35.3 Å². The number of urea groups is 1. The van der Waals surface area contributed by atoms with Crippen LogP contribution in [-0.4, -0.2) is 226 Å². The van der Waals surface area contributed by atoms with E-state index in [0.717, 1.165) is 96.5 Å². The Bertz CT molecular complexity index is 3700. The molecule has 490 valence electrons. The lowest BCUT2D eigenvalue weighted by atomic mass is 9.92. The second-order valence-electron chi connectivity index (χ2n) is 24.4. The summed E-state index contributed by atoms with van der Waals surface area (Å²) in [5.74, 6) is -5.13. The molecule has 0 bridgehead atoms. The van der Waals surface area contributed by atoms with Crippen molar-refractivity contribution in [2.75, 3.05) is 134 Å². The van der Waals surface area contributed by atoms with E-state index in [1.54, 1.807) is 56.3 Å². The van der Waals surface area contributed by atoms with Crippen LogP contribution in [0, 0.1) is 5.92 Å². The van der Waals surface area contributed by atoms with Crippen LogP contribution in [0.1, 0.15) is 86.5 Å². The zero-order valence-corrected chi connectivity index (χ0v) is 52.9. The Balaban J connectivity index is 0.776. The lowest BCUT2D eigenvalue weighted by Gasteiger charge is -2.36. The van der Waals surface area contributed by atoms with E-state index in [-0.39, 0.29) is 83.5 Å². The number of nitrogens with zero attached hydrogens (tertiary/aromatic N) is 8. The molecule has 0 radical (unpaired) electrons. The number of nitrogens with one attached hydrogen (secondary N) is 5. The van der Waals surface area contributed by atoms with Gasteiger partial charge in [-0.3, -0.25) is 57.9 Å². The minimum absolute atomic E-state index is 0.0525. The summed E-state index contributed by atoms with van der Waals surface area (Å²) in [6, 6.07) is 21.9. The first-order valence-electron chi connectivity index (χ1n) is 31.7. The number of ether oxygens (including phenoxy) is 1. The van der Waals surface area contributed by atoms with Gasteiger partial charge in [0.2, 0.25) is 17.7 Å². The molecular weight excluding hydrogens is 1190 g/mol. The van der Waals surface area contributed by atoms with Gasteiger partial charge in [0.05, 0.1) is 0 Å². The van der Waals surface area contributed by atoms with Crippen molar-refractivity contribution < 1.29 is 57.5 Å². The average Bonchev–Trinajstić information content (AvgIpc) is 1.04. The number of anilines is 3. The van der Waals surface area contributed by atoms with Gasteiger partial charge in [0.1, 0.15) is 18.7 Å². The maximum absolute atomic E-state index is 14.4. The van der Waals surface area contributed by atoms with Gasteiger partial charge < -0.3 is 61.6 Å². The number of nitrogens with two attached hydrogens (primary N) is 1. The van der Waals surface area contributed by atoms with Crippen LogP contribution in [0.25, 0.3) is 21.5 Å². The summed E-state index contributed by atoms with van der Waals surface area (Å²) in [6.07, 6.45) is 1.88. The molecule has 10 rings (SSSR count). The fraction of sp³-hybridized carbons (Fsp3) is 0.418. The minimum Gasteiger partial charge on any atom is -0.445 e. The van der Waals surface area contributed by atoms with Crippen LogP contribution in [0.2, 0.25) is 0 Å². The predicted octanol–water partition coefficient (Wildman–Crippen LogP) is 3.34. The number of rotatable bonds is 27. The Kier molecular flexibility index (Phi) is 21.1. The first-order chi connectivity index (χ1) is 44.8. The molecule has 5 aromatic rings. The summed E-state index contributed by atoms with van der Waals surface area (Å²) in [5.41, 5.74) is 9.78. The Morgan fingerprint density at radius 2 is 1.11 bits per heavy atom. The van der Waals surface area contributed by atoms with Crippen molar-refractivity contribution in [3.8, 4) is 0 Å². The molecule has 2 fully saturated rings. The van der Waals surface area contributed by atoms with Gasteiger partial charge in [-0.25, -0.2) is 9.59 Å². The van der Waals surface area contributed by atoms with Crippen LogP contribution >= 0.6 is 0 Å². The normalized spacial score (nSPS) is 16.6. The molecule has 0 unspecified atom stereocenters. The number of imide groups is 3. The molecule has 0 aromatic heterocycles. The number of hydrogen-bond acceptors (Lipinski definition) is 17. The van der Waals surface area contributed by atoms with Crippen molar-refractivity contribution in [3.63, 3.8) is 0 Å². The molecule has 26 nitrogen and oxygen atoms in total. The third-order valence-electron chi connectivity index (χ3n) is 17.7. The van der Waals surface area contributed by atoms with Crippen molar-refractivity contribution in [1.82, 2.24) is 50.7 Å². The van der Waals surface area contributed by atoms with Gasteiger partial charge in [-0.15, -0.1) is 0 Å². The topological polar surface area (TPSA) is 309 Å². The van der Waals surface area contributed by atoms with Gasteiger partial charge in [-0.1, -0.05) is 50.2 Å². The quantitative estimate of drug-likeness (QED) is 0.0324. The molecule has 26 heteroatoms. The van der Waals surface area contributed by atoms with Crippen molar-refractivity contribution in [1.29, 1.82) is 0 Å². The molecule has 5 aromatic carbocycles. The number of carbonyl (C=O) groups excluding carboxylic acids is 11.